The number of hydrogen-bond acceptors (Lipinski definition) is 6. The summed E-state index contributed by atoms with van der Waals surface area (Å²) in [5, 5.41) is 11.2. The van der Waals surface area contributed by atoms with Crippen molar-refractivity contribution in [3.63, 3.8) is 0 Å². The molecule has 0 aliphatic carbocycles. The lowest BCUT2D eigenvalue weighted by Gasteiger charge is -2.17. The second-order valence-corrected chi connectivity index (χ2v) is 8.66. The van der Waals surface area contributed by atoms with Gasteiger partial charge in [-0.1, -0.05) is 50.2 Å². The van der Waals surface area contributed by atoms with Crippen LogP contribution >= 0.6 is 11.8 Å². The third-order valence-corrected chi connectivity index (χ3v) is 4.96. The van der Waals surface area contributed by atoms with Gasteiger partial charge in [-0.15, -0.1) is 10.2 Å². The number of aromatic nitrogens is 2. The van der Waals surface area contributed by atoms with Crippen LogP contribution in [-0.4, -0.2) is 27.6 Å². The van der Waals surface area contributed by atoms with Gasteiger partial charge in [0.05, 0.1) is 5.75 Å². The summed E-state index contributed by atoms with van der Waals surface area (Å²) in [6.07, 6.45) is 0. The average molecular weight is 410 g/mol. The Morgan fingerprint density at radius 3 is 2.45 bits per heavy atom. The lowest BCUT2D eigenvalue weighted by Crippen LogP contribution is -2.27. The molecule has 1 heterocycles. The fourth-order valence-corrected chi connectivity index (χ4v) is 3.09. The summed E-state index contributed by atoms with van der Waals surface area (Å²) < 4.78 is 5.65. The first kappa shape index (κ1) is 20.8. The summed E-state index contributed by atoms with van der Waals surface area (Å²) >= 11 is 1.20. The van der Waals surface area contributed by atoms with Crippen LogP contribution < -0.4 is 5.32 Å². The number of carbonyl (C=O) groups is 2. The Bertz CT molecular complexity index is 1020. The third-order valence-electron chi connectivity index (χ3n) is 4.14. The Balaban J connectivity index is 1.58. The molecule has 1 amide bonds. The van der Waals surface area contributed by atoms with Crippen LogP contribution in [0, 0.1) is 12.3 Å². The Labute approximate surface area is 174 Å². The van der Waals surface area contributed by atoms with Gasteiger partial charge < -0.3 is 9.73 Å². The maximum absolute atomic E-state index is 12.4. The number of carbonyl (C=O) groups excluding carboxylic acids is 2. The van der Waals surface area contributed by atoms with Crippen LogP contribution in [0.25, 0.3) is 11.5 Å². The first-order valence-corrected chi connectivity index (χ1v) is 10.2. The monoisotopic (exact) mass is 409 g/mol. The number of Topliss-reactive ketones (excluding diaryl/α,β-unsaturated/α-hetero) is 1. The van der Waals surface area contributed by atoms with Gasteiger partial charge in [0.2, 0.25) is 11.8 Å². The molecule has 29 heavy (non-hydrogen) atoms. The van der Waals surface area contributed by atoms with Gasteiger partial charge in [-0.3, -0.25) is 9.59 Å². The average Bonchev–Trinajstić information content (AvgIpc) is 3.15. The number of nitrogens with one attached hydrogen (secondary N) is 1. The van der Waals surface area contributed by atoms with E-state index in [-0.39, 0.29) is 17.4 Å². The third kappa shape index (κ3) is 5.54. The summed E-state index contributed by atoms with van der Waals surface area (Å²) in [7, 11) is 0. The highest BCUT2D eigenvalue weighted by atomic mass is 32.2. The van der Waals surface area contributed by atoms with Gasteiger partial charge in [0.1, 0.15) is 0 Å². The van der Waals surface area contributed by atoms with Crippen molar-refractivity contribution < 1.29 is 14.0 Å². The van der Waals surface area contributed by atoms with Crippen molar-refractivity contribution >= 4 is 29.1 Å². The zero-order valence-corrected chi connectivity index (χ0v) is 17.7. The molecule has 0 unspecified atom stereocenters. The van der Waals surface area contributed by atoms with Gasteiger partial charge in [0, 0.05) is 22.2 Å². The van der Waals surface area contributed by atoms with Crippen LogP contribution in [0.2, 0.25) is 0 Å². The van der Waals surface area contributed by atoms with Gasteiger partial charge in [0.25, 0.3) is 5.22 Å². The zero-order chi connectivity index (χ0) is 21.0. The van der Waals surface area contributed by atoms with Crippen molar-refractivity contribution in [1.29, 1.82) is 0 Å². The number of benzene rings is 2. The molecule has 0 atom stereocenters. The van der Waals surface area contributed by atoms with E-state index < -0.39 is 5.41 Å². The highest BCUT2D eigenvalue weighted by Gasteiger charge is 2.21. The minimum Gasteiger partial charge on any atom is -0.411 e. The Hall–Kier alpha value is -2.93. The van der Waals surface area contributed by atoms with Crippen LogP contribution in [0.1, 0.15) is 36.7 Å². The molecular weight excluding hydrogens is 386 g/mol. The maximum atomic E-state index is 12.4. The van der Waals surface area contributed by atoms with Crippen molar-refractivity contribution in [1.82, 2.24) is 10.2 Å². The minimum absolute atomic E-state index is 0.0565. The quantitative estimate of drug-likeness (QED) is 0.455. The van der Waals surface area contributed by atoms with Gasteiger partial charge >= 0.3 is 0 Å². The molecular formula is C22H23N3O3S. The van der Waals surface area contributed by atoms with Crippen LogP contribution in [0.4, 0.5) is 5.69 Å². The molecule has 7 heteroatoms. The number of aryl methyl sites for hydroxylation is 1. The fourth-order valence-electron chi connectivity index (χ4n) is 2.43. The highest BCUT2D eigenvalue weighted by molar-refractivity contribution is 7.99. The molecule has 0 radical (unpaired) electrons. The number of amides is 1. The van der Waals surface area contributed by atoms with E-state index in [0.717, 1.165) is 11.1 Å². The standard InChI is InChI=1S/C22H23N3O3S/c1-14-6-5-7-16(12-14)19-24-25-21(28-19)29-13-18(26)15-8-10-17(11-9-15)23-20(27)22(2,3)4/h5-12H,13H2,1-4H3,(H,23,27). The maximum Gasteiger partial charge on any atom is 0.277 e. The number of hydrogen-bond donors (Lipinski definition) is 1. The molecule has 0 aliphatic rings. The molecule has 0 bridgehead atoms. The van der Waals surface area contributed by atoms with Crippen LogP contribution in [0.3, 0.4) is 0 Å². The van der Waals surface area contributed by atoms with Crippen molar-refractivity contribution in [2.75, 3.05) is 11.1 Å². The second kappa shape index (κ2) is 8.61. The Morgan fingerprint density at radius 1 is 1.07 bits per heavy atom. The number of rotatable bonds is 6. The van der Waals surface area contributed by atoms with Gasteiger partial charge in [-0.05, 0) is 43.3 Å². The van der Waals surface area contributed by atoms with E-state index in [1.807, 2.05) is 52.0 Å². The van der Waals surface area contributed by atoms with E-state index in [1.54, 1.807) is 24.3 Å². The molecule has 6 nitrogen and oxygen atoms in total. The second-order valence-electron chi connectivity index (χ2n) is 7.74. The van der Waals surface area contributed by atoms with Gasteiger partial charge in [0.15, 0.2) is 5.78 Å². The van der Waals surface area contributed by atoms with Crippen LogP contribution in [0.15, 0.2) is 58.2 Å². The normalized spacial score (nSPS) is 11.3. The van der Waals surface area contributed by atoms with E-state index in [0.29, 0.717) is 22.4 Å². The molecule has 0 saturated heterocycles. The highest BCUT2D eigenvalue weighted by Crippen LogP contribution is 2.24. The molecule has 3 rings (SSSR count). The molecule has 0 fully saturated rings. The van der Waals surface area contributed by atoms with E-state index in [4.69, 9.17) is 4.42 Å². The first-order chi connectivity index (χ1) is 13.7. The number of nitrogens with zero attached hydrogens (tertiary/aromatic N) is 2. The topological polar surface area (TPSA) is 85.1 Å². The SMILES string of the molecule is Cc1cccc(-c2nnc(SCC(=O)c3ccc(NC(=O)C(C)(C)C)cc3)o2)c1. The number of anilines is 1. The number of thioether (sulfide) groups is 1. The summed E-state index contributed by atoms with van der Waals surface area (Å²) in [5.74, 6) is 0.484. The molecule has 0 saturated carbocycles. The van der Waals surface area contributed by atoms with Gasteiger partial charge in [-0.25, -0.2) is 0 Å². The number of ketones is 1. The van der Waals surface area contributed by atoms with E-state index in [9.17, 15) is 9.59 Å². The summed E-state index contributed by atoms with van der Waals surface area (Å²) in [6.45, 7) is 7.53. The zero-order valence-electron chi connectivity index (χ0n) is 16.9. The largest absolute Gasteiger partial charge is 0.411 e. The Morgan fingerprint density at radius 2 is 1.79 bits per heavy atom. The smallest absolute Gasteiger partial charge is 0.277 e. The Kier molecular flexibility index (Phi) is 6.17. The molecule has 0 aliphatic heterocycles. The predicted molar refractivity (Wildman–Crippen MR) is 114 cm³/mol. The minimum atomic E-state index is -0.480. The van der Waals surface area contributed by atoms with Crippen molar-refractivity contribution in [3.05, 3.63) is 59.7 Å². The van der Waals surface area contributed by atoms with Crippen molar-refractivity contribution in [3.8, 4) is 11.5 Å². The van der Waals surface area contributed by atoms with E-state index in [2.05, 4.69) is 15.5 Å². The molecule has 0 spiro atoms. The lowest BCUT2D eigenvalue weighted by molar-refractivity contribution is -0.123. The van der Waals surface area contributed by atoms with Crippen LogP contribution in [-0.2, 0) is 4.79 Å². The molecule has 3 aromatic rings. The first-order valence-electron chi connectivity index (χ1n) is 9.20. The van der Waals surface area contributed by atoms with Crippen LogP contribution in [0.5, 0.6) is 0 Å². The molecule has 1 aromatic heterocycles. The van der Waals surface area contributed by atoms with Gasteiger partial charge in [-0.2, -0.15) is 0 Å². The summed E-state index contributed by atoms with van der Waals surface area (Å²) in [4.78, 5) is 24.5. The summed E-state index contributed by atoms with van der Waals surface area (Å²) in [6, 6.07) is 14.6. The molecule has 150 valence electrons. The van der Waals surface area contributed by atoms with E-state index >= 15 is 0 Å². The fraction of sp³-hybridized carbons (Fsp3) is 0.273. The van der Waals surface area contributed by atoms with Crippen molar-refractivity contribution in [2.45, 2.75) is 32.9 Å². The van der Waals surface area contributed by atoms with Crippen molar-refractivity contribution in [2.24, 2.45) is 5.41 Å². The van der Waals surface area contributed by atoms with E-state index in [1.165, 1.54) is 11.8 Å². The lowest BCUT2D eigenvalue weighted by atomic mass is 9.95. The molecule has 1 N–H and O–H groups in total. The summed E-state index contributed by atoms with van der Waals surface area (Å²) in [5.41, 5.74) is 2.70. The molecule has 2 aromatic carbocycles. The predicted octanol–water partition coefficient (Wildman–Crippen LogP) is 5.00.